The SMILES string of the molecule is Cc1ccc(-c2cc([N+](=O)[O-])c(-c3ccc(C)cc3)n2Cc2ccccc2)cc1. The van der Waals surface area contributed by atoms with Crippen molar-refractivity contribution in [1.29, 1.82) is 0 Å². The monoisotopic (exact) mass is 382 g/mol. The van der Waals surface area contributed by atoms with Gasteiger partial charge in [-0.25, -0.2) is 0 Å². The quantitative estimate of drug-likeness (QED) is 0.296. The fraction of sp³-hybridized carbons (Fsp3) is 0.120. The van der Waals surface area contributed by atoms with Crippen LogP contribution in [0.5, 0.6) is 0 Å². The van der Waals surface area contributed by atoms with Crippen molar-refractivity contribution in [1.82, 2.24) is 4.57 Å². The van der Waals surface area contributed by atoms with Crippen molar-refractivity contribution in [2.24, 2.45) is 0 Å². The Morgan fingerprint density at radius 2 is 1.34 bits per heavy atom. The topological polar surface area (TPSA) is 48.1 Å². The van der Waals surface area contributed by atoms with E-state index in [1.165, 1.54) is 0 Å². The molecule has 4 rings (SSSR count). The molecule has 0 radical (unpaired) electrons. The molecule has 144 valence electrons. The molecule has 0 aliphatic rings. The van der Waals surface area contributed by atoms with E-state index < -0.39 is 0 Å². The van der Waals surface area contributed by atoms with E-state index in [1.54, 1.807) is 6.07 Å². The maximum absolute atomic E-state index is 12.0. The number of aromatic nitrogens is 1. The summed E-state index contributed by atoms with van der Waals surface area (Å²) in [5.41, 5.74) is 6.79. The zero-order valence-electron chi connectivity index (χ0n) is 16.5. The molecule has 0 fully saturated rings. The zero-order valence-corrected chi connectivity index (χ0v) is 16.5. The summed E-state index contributed by atoms with van der Waals surface area (Å²) in [4.78, 5) is 11.7. The van der Waals surface area contributed by atoms with Crippen LogP contribution in [0.2, 0.25) is 0 Å². The van der Waals surface area contributed by atoms with Gasteiger partial charge in [-0.15, -0.1) is 0 Å². The summed E-state index contributed by atoms with van der Waals surface area (Å²) in [5, 5.41) is 12.0. The molecule has 29 heavy (non-hydrogen) atoms. The van der Waals surface area contributed by atoms with Gasteiger partial charge < -0.3 is 4.57 Å². The van der Waals surface area contributed by atoms with E-state index in [1.807, 2.05) is 92.7 Å². The van der Waals surface area contributed by atoms with E-state index in [0.717, 1.165) is 33.5 Å². The molecular weight excluding hydrogens is 360 g/mol. The van der Waals surface area contributed by atoms with Gasteiger partial charge >= 0.3 is 0 Å². The lowest BCUT2D eigenvalue weighted by atomic mass is 10.1. The molecule has 0 amide bonds. The minimum atomic E-state index is -0.283. The van der Waals surface area contributed by atoms with Crippen LogP contribution in [0.1, 0.15) is 16.7 Å². The highest BCUT2D eigenvalue weighted by molar-refractivity contribution is 5.79. The van der Waals surface area contributed by atoms with Crippen molar-refractivity contribution < 1.29 is 4.92 Å². The Kier molecular flexibility index (Phi) is 5.00. The van der Waals surface area contributed by atoms with E-state index in [4.69, 9.17) is 0 Å². The first kappa shape index (κ1) is 18.7. The summed E-state index contributed by atoms with van der Waals surface area (Å²) in [6.07, 6.45) is 0. The van der Waals surface area contributed by atoms with Crippen molar-refractivity contribution in [2.45, 2.75) is 20.4 Å². The first-order valence-corrected chi connectivity index (χ1v) is 9.59. The minimum Gasteiger partial charge on any atom is -0.330 e. The summed E-state index contributed by atoms with van der Waals surface area (Å²) in [6.45, 7) is 4.60. The highest BCUT2D eigenvalue weighted by Crippen LogP contribution is 2.38. The summed E-state index contributed by atoms with van der Waals surface area (Å²) < 4.78 is 2.06. The molecule has 4 aromatic rings. The highest BCUT2D eigenvalue weighted by Gasteiger charge is 2.25. The predicted molar refractivity (Wildman–Crippen MR) is 117 cm³/mol. The van der Waals surface area contributed by atoms with Crippen LogP contribution in [0, 0.1) is 24.0 Å². The Bertz CT molecular complexity index is 1140. The zero-order chi connectivity index (χ0) is 20.4. The Morgan fingerprint density at radius 1 is 0.793 bits per heavy atom. The van der Waals surface area contributed by atoms with Crippen LogP contribution in [-0.2, 0) is 6.54 Å². The Balaban J connectivity index is 1.97. The largest absolute Gasteiger partial charge is 0.330 e. The van der Waals surface area contributed by atoms with Gasteiger partial charge in [0.15, 0.2) is 0 Å². The van der Waals surface area contributed by atoms with Crippen LogP contribution >= 0.6 is 0 Å². The minimum absolute atomic E-state index is 0.125. The molecule has 0 aliphatic carbocycles. The number of hydrogen-bond donors (Lipinski definition) is 0. The first-order valence-electron chi connectivity index (χ1n) is 9.59. The molecule has 4 heteroatoms. The van der Waals surface area contributed by atoms with Gasteiger partial charge in [0.25, 0.3) is 5.69 Å². The van der Waals surface area contributed by atoms with E-state index >= 15 is 0 Å². The van der Waals surface area contributed by atoms with E-state index in [9.17, 15) is 10.1 Å². The maximum atomic E-state index is 12.0. The summed E-state index contributed by atoms with van der Waals surface area (Å²) in [5.74, 6) is 0. The van der Waals surface area contributed by atoms with Crippen molar-refractivity contribution in [2.75, 3.05) is 0 Å². The van der Waals surface area contributed by atoms with Gasteiger partial charge in [0.05, 0.1) is 10.6 Å². The van der Waals surface area contributed by atoms with Crippen molar-refractivity contribution in [3.05, 3.63) is 112 Å². The molecule has 0 spiro atoms. The van der Waals surface area contributed by atoms with E-state index in [2.05, 4.69) is 4.57 Å². The molecule has 0 bridgehead atoms. The van der Waals surface area contributed by atoms with Crippen LogP contribution < -0.4 is 0 Å². The predicted octanol–water partition coefficient (Wildman–Crippen LogP) is 6.40. The van der Waals surface area contributed by atoms with Gasteiger partial charge in [0, 0.05) is 18.2 Å². The molecule has 4 nitrogen and oxygen atoms in total. The van der Waals surface area contributed by atoms with Gasteiger partial charge in [-0.1, -0.05) is 90.0 Å². The van der Waals surface area contributed by atoms with Gasteiger partial charge in [-0.05, 0) is 25.0 Å². The molecule has 0 N–H and O–H groups in total. The Morgan fingerprint density at radius 3 is 1.90 bits per heavy atom. The van der Waals surface area contributed by atoms with Gasteiger partial charge in [0.1, 0.15) is 5.69 Å². The molecule has 0 saturated carbocycles. The van der Waals surface area contributed by atoms with Gasteiger partial charge in [-0.2, -0.15) is 0 Å². The average molecular weight is 382 g/mol. The third-order valence-corrected chi connectivity index (χ3v) is 5.13. The highest BCUT2D eigenvalue weighted by atomic mass is 16.6. The number of nitrogens with zero attached hydrogens (tertiary/aromatic N) is 2. The Hall–Kier alpha value is -3.66. The summed E-state index contributed by atoms with van der Waals surface area (Å²) in [7, 11) is 0. The van der Waals surface area contributed by atoms with Crippen molar-refractivity contribution in [3.8, 4) is 22.5 Å². The number of nitro groups is 1. The molecule has 0 saturated heterocycles. The number of hydrogen-bond acceptors (Lipinski definition) is 2. The third kappa shape index (κ3) is 3.83. The lowest BCUT2D eigenvalue weighted by Gasteiger charge is -2.14. The normalized spacial score (nSPS) is 10.8. The maximum Gasteiger partial charge on any atom is 0.295 e. The van der Waals surface area contributed by atoms with Crippen LogP contribution in [0.15, 0.2) is 84.9 Å². The second-order valence-corrected chi connectivity index (χ2v) is 7.32. The van der Waals surface area contributed by atoms with Crippen molar-refractivity contribution in [3.63, 3.8) is 0 Å². The van der Waals surface area contributed by atoms with Gasteiger partial charge in [0.2, 0.25) is 0 Å². The second-order valence-electron chi connectivity index (χ2n) is 7.32. The number of aryl methyl sites for hydroxylation is 2. The third-order valence-electron chi connectivity index (χ3n) is 5.13. The number of benzene rings is 3. The summed E-state index contributed by atoms with van der Waals surface area (Å²) in [6, 6.07) is 27.8. The fourth-order valence-corrected chi connectivity index (χ4v) is 3.58. The molecule has 0 aliphatic heterocycles. The second kappa shape index (κ2) is 7.76. The van der Waals surface area contributed by atoms with Crippen LogP contribution in [0.25, 0.3) is 22.5 Å². The number of rotatable bonds is 5. The molecule has 0 unspecified atom stereocenters. The lowest BCUT2D eigenvalue weighted by molar-refractivity contribution is -0.384. The fourth-order valence-electron chi connectivity index (χ4n) is 3.58. The summed E-state index contributed by atoms with van der Waals surface area (Å²) >= 11 is 0. The molecule has 1 aromatic heterocycles. The van der Waals surface area contributed by atoms with Crippen LogP contribution in [0.4, 0.5) is 5.69 Å². The van der Waals surface area contributed by atoms with Crippen molar-refractivity contribution >= 4 is 5.69 Å². The Labute approximate surface area is 170 Å². The van der Waals surface area contributed by atoms with Gasteiger partial charge in [-0.3, -0.25) is 10.1 Å². The standard InChI is InChI=1S/C25H22N2O2/c1-18-8-12-21(13-9-18)23-16-24(27(28)29)25(22-14-10-19(2)11-15-22)26(23)17-20-6-4-3-5-7-20/h3-16H,17H2,1-2H3. The smallest absolute Gasteiger partial charge is 0.295 e. The molecule has 1 heterocycles. The molecule has 3 aromatic carbocycles. The van der Waals surface area contributed by atoms with E-state index in [-0.39, 0.29) is 10.6 Å². The molecular formula is C25H22N2O2. The lowest BCUT2D eigenvalue weighted by Crippen LogP contribution is -2.04. The first-order chi connectivity index (χ1) is 14.0. The van der Waals surface area contributed by atoms with Crippen LogP contribution in [0.3, 0.4) is 0 Å². The average Bonchev–Trinajstić information content (AvgIpc) is 3.09. The molecule has 0 atom stereocenters. The van der Waals surface area contributed by atoms with Crippen LogP contribution in [-0.4, -0.2) is 9.49 Å². The van der Waals surface area contributed by atoms with E-state index in [0.29, 0.717) is 12.2 Å².